The molecule has 1 amide bonds. The van der Waals surface area contributed by atoms with E-state index < -0.39 is 0 Å². The third-order valence-electron chi connectivity index (χ3n) is 4.71. The van der Waals surface area contributed by atoms with Crippen molar-refractivity contribution < 1.29 is 14.3 Å². The summed E-state index contributed by atoms with van der Waals surface area (Å²) in [6, 6.07) is 23.7. The summed E-state index contributed by atoms with van der Waals surface area (Å²) < 4.78 is 10.7. The summed E-state index contributed by atoms with van der Waals surface area (Å²) in [5.41, 5.74) is 4.16. The summed E-state index contributed by atoms with van der Waals surface area (Å²) in [6.07, 6.45) is 0.325. The van der Waals surface area contributed by atoms with E-state index in [0.717, 1.165) is 33.8 Å². The van der Waals surface area contributed by atoms with E-state index >= 15 is 0 Å². The number of methoxy groups -OCH3 is 2. The molecule has 0 radical (unpaired) electrons. The van der Waals surface area contributed by atoms with Crippen LogP contribution in [0.25, 0.3) is 11.1 Å². The Morgan fingerprint density at radius 2 is 1.57 bits per heavy atom. The van der Waals surface area contributed by atoms with Gasteiger partial charge in [-0.25, -0.2) is 0 Å². The molecule has 1 unspecified atom stereocenters. The zero-order valence-electron chi connectivity index (χ0n) is 16.4. The highest BCUT2D eigenvalue weighted by Crippen LogP contribution is 2.29. The number of benzene rings is 3. The van der Waals surface area contributed by atoms with Crippen molar-refractivity contribution in [3.05, 3.63) is 83.9 Å². The lowest BCUT2D eigenvalue weighted by Crippen LogP contribution is -2.28. The summed E-state index contributed by atoms with van der Waals surface area (Å²) in [5.74, 6) is 1.42. The highest BCUT2D eigenvalue weighted by molar-refractivity contribution is 5.79. The zero-order chi connectivity index (χ0) is 19.9. The van der Waals surface area contributed by atoms with Gasteiger partial charge in [0.25, 0.3) is 0 Å². The van der Waals surface area contributed by atoms with Crippen LogP contribution in [0.2, 0.25) is 0 Å². The molecule has 0 heterocycles. The van der Waals surface area contributed by atoms with Gasteiger partial charge in [0, 0.05) is 5.56 Å². The summed E-state index contributed by atoms with van der Waals surface area (Å²) in [4.78, 5) is 12.5. The maximum absolute atomic E-state index is 12.5. The van der Waals surface area contributed by atoms with Gasteiger partial charge in [-0.1, -0.05) is 54.6 Å². The number of nitrogens with one attached hydrogen (secondary N) is 1. The lowest BCUT2D eigenvalue weighted by molar-refractivity contribution is -0.121. The number of carbonyl (C=O) groups excluding carboxylic acids is 1. The summed E-state index contributed by atoms with van der Waals surface area (Å²) >= 11 is 0. The van der Waals surface area contributed by atoms with Gasteiger partial charge in [0.15, 0.2) is 0 Å². The molecule has 0 saturated carbocycles. The van der Waals surface area contributed by atoms with E-state index in [4.69, 9.17) is 9.47 Å². The lowest BCUT2D eigenvalue weighted by atomic mass is 10.0. The first-order valence-electron chi connectivity index (χ1n) is 9.26. The first kappa shape index (κ1) is 19.5. The third kappa shape index (κ3) is 4.71. The molecule has 0 aliphatic carbocycles. The second-order valence-electron chi connectivity index (χ2n) is 6.64. The van der Waals surface area contributed by atoms with E-state index in [1.54, 1.807) is 14.2 Å². The molecule has 1 N–H and O–H groups in total. The zero-order valence-corrected chi connectivity index (χ0v) is 16.4. The quantitative estimate of drug-likeness (QED) is 0.646. The monoisotopic (exact) mass is 375 g/mol. The van der Waals surface area contributed by atoms with Crippen molar-refractivity contribution in [3.8, 4) is 22.6 Å². The average Bonchev–Trinajstić information content (AvgIpc) is 2.74. The first-order chi connectivity index (χ1) is 13.6. The van der Waals surface area contributed by atoms with Crippen molar-refractivity contribution in [2.75, 3.05) is 14.2 Å². The predicted molar refractivity (Wildman–Crippen MR) is 112 cm³/mol. The molecule has 144 valence electrons. The third-order valence-corrected chi connectivity index (χ3v) is 4.71. The van der Waals surface area contributed by atoms with Gasteiger partial charge < -0.3 is 14.8 Å². The molecule has 1 atom stereocenters. The minimum Gasteiger partial charge on any atom is -0.497 e. The molecule has 0 saturated heterocycles. The van der Waals surface area contributed by atoms with Crippen LogP contribution in [0.15, 0.2) is 72.8 Å². The first-order valence-corrected chi connectivity index (χ1v) is 9.26. The minimum atomic E-state index is -0.193. The number of hydrogen-bond donors (Lipinski definition) is 1. The predicted octanol–water partition coefficient (Wildman–Crippen LogP) is 4.79. The maximum atomic E-state index is 12.5. The lowest BCUT2D eigenvalue weighted by Gasteiger charge is -2.18. The van der Waals surface area contributed by atoms with Crippen LogP contribution in [0.4, 0.5) is 0 Å². The van der Waals surface area contributed by atoms with E-state index in [2.05, 4.69) is 17.4 Å². The molecule has 3 aromatic carbocycles. The van der Waals surface area contributed by atoms with E-state index in [-0.39, 0.29) is 11.9 Å². The van der Waals surface area contributed by atoms with Gasteiger partial charge in [0.05, 0.1) is 26.7 Å². The van der Waals surface area contributed by atoms with Crippen molar-refractivity contribution in [2.45, 2.75) is 19.4 Å². The van der Waals surface area contributed by atoms with Crippen LogP contribution in [0, 0.1) is 0 Å². The number of carbonyl (C=O) groups is 1. The Morgan fingerprint density at radius 1 is 0.893 bits per heavy atom. The van der Waals surface area contributed by atoms with Gasteiger partial charge in [0.1, 0.15) is 11.5 Å². The van der Waals surface area contributed by atoms with Gasteiger partial charge in [-0.05, 0) is 41.8 Å². The topological polar surface area (TPSA) is 47.6 Å². The number of ether oxygens (including phenoxy) is 2. The Balaban J connectivity index is 1.65. The van der Waals surface area contributed by atoms with E-state index in [9.17, 15) is 4.79 Å². The SMILES string of the molecule is COc1ccc(OC)c(C(C)NC(=O)Cc2ccc(-c3ccccc3)cc2)c1. The van der Waals surface area contributed by atoms with Crippen LogP contribution >= 0.6 is 0 Å². The van der Waals surface area contributed by atoms with Crippen molar-refractivity contribution in [3.63, 3.8) is 0 Å². The number of hydrogen-bond acceptors (Lipinski definition) is 3. The van der Waals surface area contributed by atoms with Gasteiger partial charge in [0.2, 0.25) is 5.91 Å². The molecule has 0 aliphatic heterocycles. The Bertz CT molecular complexity index is 920. The van der Waals surface area contributed by atoms with E-state index in [1.165, 1.54) is 0 Å². The summed E-state index contributed by atoms with van der Waals surface area (Å²) in [7, 11) is 3.24. The van der Waals surface area contributed by atoms with Crippen LogP contribution < -0.4 is 14.8 Å². The number of rotatable bonds is 7. The Morgan fingerprint density at radius 3 is 2.21 bits per heavy atom. The fourth-order valence-electron chi connectivity index (χ4n) is 3.18. The van der Waals surface area contributed by atoms with Gasteiger partial charge in [-0.3, -0.25) is 4.79 Å². The van der Waals surface area contributed by atoms with Crippen molar-refractivity contribution in [1.82, 2.24) is 5.32 Å². The molecule has 4 heteroatoms. The second-order valence-corrected chi connectivity index (χ2v) is 6.64. The Hall–Kier alpha value is -3.27. The van der Waals surface area contributed by atoms with Crippen molar-refractivity contribution in [1.29, 1.82) is 0 Å². The average molecular weight is 375 g/mol. The molecule has 28 heavy (non-hydrogen) atoms. The largest absolute Gasteiger partial charge is 0.497 e. The summed E-state index contributed by atoms with van der Waals surface area (Å²) in [6.45, 7) is 1.94. The minimum absolute atomic E-state index is 0.0372. The van der Waals surface area contributed by atoms with E-state index in [0.29, 0.717) is 6.42 Å². The molecule has 0 aliphatic rings. The van der Waals surface area contributed by atoms with Crippen molar-refractivity contribution >= 4 is 5.91 Å². The Labute approximate surface area is 166 Å². The fraction of sp³-hybridized carbons (Fsp3) is 0.208. The molecular weight excluding hydrogens is 350 g/mol. The van der Waals surface area contributed by atoms with Gasteiger partial charge in [-0.2, -0.15) is 0 Å². The Kier molecular flexibility index (Phi) is 6.33. The van der Waals surface area contributed by atoms with E-state index in [1.807, 2.05) is 67.6 Å². The molecule has 0 aromatic heterocycles. The summed E-state index contributed by atoms with van der Waals surface area (Å²) in [5, 5.41) is 3.04. The molecule has 3 rings (SSSR count). The van der Waals surface area contributed by atoms with Crippen LogP contribution in [-0.4, -0.2) is 20.1 Å². The maximum Gasteiger partial charge on any atom is 0.224 e. The van der Waals surface area contributed by atoms with Crippen LogP contribution in [0.1, 0.15) is 24.1 Å². The number of amides is 1. The highest BCUT2D eigenvalue weighted by atomic mass is 16.5. The van der Waals surface area contributed by atoms with Crippen LogP contribution in [0.5, 0.6) is 11.5 Å². The highest BCUT2D eigenvalue weighted by Gasteiger charge is 2.15. The second kappa shape index (κ2) is 9.09. The van der Waals surface area contributed by atoms with Crippen LogP contribution in [-0.2, 0) is 11.2 Å². The van der Waals surface area contributed by atoms with Gasteiger partial charge >= 0.3 is 0 Å². The van der Waals surface area contributed by atoms with Crippen LogP contribution in [0.3, 0.4) is 0 Å². The fourth-order valence-corrected chi connectivity index (χ4v) is 3.18. The normalized spacial score (nSPS) is 11.5. The standard InChI is InChI=1S/C24H25NO3/c1-17(22-16-21(27-2)13-14-23(22)28-3)25-24(26)15-18-9-11-20(12-10-18)19-7-5-4-6-8-19/h4-14,16-17H,15H2,1-3H3,(H,25,26). The van der Waals surface area contributed by atoms with Crippen molar-refractivity contribution in [2.24, 2.45) is 0 Å². The molecular formula is C24H25NO3. The molecule has 0 fully saturated rings. The molecule has 0 spiro atoms. The molecule has 4 nitrogen and oxygen atoms in total. The van der Waals surface area contributed by atoms with Gasteiger partial charge in [-0.15, -0.1) is 0 Å². The smallest absolute Gasteiger partial charge is 0.224 e. The molecule has 3 aromatic rings. The molecule has 0 bridgehead atoms.